The smallest absolute Gasteiger partial charge is 0.203 e. The van der Waals surface area contributed by atoms with Crippen LogP contribution in [0.25, 0.3) is 0 Å². The molecule has 1 aliphatic rings. The number of ether oxygens (including phenoxy) is 3. The molecule has 0 bridgehead atoms. The molecule has 1 aliphatic heterocycles. The SMILES string of the molecule is COc1cccc(OC)c1OC[C@H](O)CN1CCN(c2ccccn2)CC1. The summed E-state index contributed by atoms with van der Waals surface area (Å²) in [6.07, 6.45) is 1.22. The highest BCUT2D eigenvalue weighted by Gasteiger charge is 2.21. The van der Waals surface area contributed by atoms with E-state index in [1.807, 2.05) is 30.5 Å². The Morgan fingerprint density at radius 2 is 1.70 bits per heavy atom. The van der Waals surface area contributed by atoms with Gasteiger partial charge >= 0.3 is 0 Å². The number of aromatic nitrogens is 1. The molecule has 1 aromatic carbocycles. The number of piperazine rings is 1. The Labute approximate surface area is 160 Å². The zero-order valence-corrected chi connectivity index (χ0v) is 15.9. The Hall–Kier alpha value is -2.51. The van der Waals surface area contributed by atoms with E-state index in [1.54, 1.807) is 26.4 Å². The summed E-state index contributed by atoms with van der Waals surface area (Å²) < 4.78 is 16.4. The van der Waals surface area contributed by atoms with E-state index >= 15 is 0 Å². The summed E-state index contributed by atoms with van der Waals surface area (Å²) in [7, 11) is 3.16. The normalized spacial score (nSPS) is 16.0. The number of β-amino-alcohol motifs (C(OH)–C–C–N with tert-alkyl or cyclic N) is 1. The third-order valence-electron chi connectivity index (χ3n) is 4.62. The van der Waals surface area contributed by atoms with Gasteiger partial charge in [0.15, 0.2) is 11.5 Å². The summed E-state index contributed by atoms with van der Waals surface area (Å²) >= 11 is 0. The van der Waals surface area contributed by atoms with E-state index in [0.717, 1.165) is 32.0 Å². The van der Waals surface area contributed by atoms with Crippen LogP contribution in [0.5, 0.6) is 17.2 Å². The standard InChI is InChI=1S/C20H27N3O4/c1-25-17-6-5-7-18(26-2)20(17)27-15-16(24)14-22-10-12-23(13-11-22)19-8-3-4-9-21-19/h3-9,16,24H,10-15H2,1-2H3/t16-/m1/s1. The summed E-state index contributed by atoms with van der Waals surface area (Å²) in [6.45, 7) is 4.29. The minimum absolute atomic E-state index is 0.178. The zero-order chi connectivity index (χ0) is 19.1. The van der Waals surface area contributed by atoms with Crippen molar-refractivity contribution in [3.05, 3.63) is 42.6 Å². The lowest BCUT2D eigenvalue weighted by Gasteiger charge is -2.36. The number of aliphatic hydroxyl groups is 1. The van der Waals surface area contributed by atoms with Crippen LogP contribution >= 0.6 is 0 Å². The molecule has 0 amide bonds. The topological polar surface area (TPSA) is 67.3 Å². The van der Waals surface area contributed by atoms with E-state index in [9.17, 15) is 5.11 Å². The maximum Gasteiger partial charge on any atom is 0.203 e. The monoisotopic (exact) mass is 373 g/mol. The van der Waals surface area contributed by atoms with Crippen LogP contribution in [-0.4, -0.2) is 74.6 Å². The number of nitrogens with zero attached hydrogens (tertiary/aromatic N) is 3. The van der Waals surface area contributed by atoms with E-state index in [-0.39, 0.29) is 6.61 Å². The fourth-order valence-electron chi connectivity index (χ4n) is 3.19. The lowest BCUT2D eigenvalue weighted by atomic mass is 10.2. The minimum atomic E-state index is -0.596. The highest BCUT2D eigenvalue weighted by molar-refractivity contribution is 5.51. The largest absolute Gasteiger partial charge is 0.493 e. The average molecular weight is 373 g/mol. The summed E-state index contributed by atoms with van der Waals surface area (Å²) in [4.78, 5) is 8.90. The van der Waals surface area contributed by atoms with Gasteiger partial charge in [0.2, 0.25) is 5.75 Å². The third kappa shape index (κ3) is 5.02. The number of benzene rings is 1. The molecule has 0 saturated carbocycles. The van der Waals surface area contributed by atoms with Crippen molar-refractivity contribution in [2.24, 2.45) is 0 Å². The van der Waals surface area contributed by atoms with E-state index in [0.29, 0.717) is 23.8 Å². The van der Waals surface area contributed by atoms with Crippen molar-refractivity contribution in [1.82, 2.24) is 9.88 Å². The molecule has 2 aromatic rings. The average Bonchev–Trinajstić information content (AvgIpc) is 2.73. The van der Waals surface area contributed by atoms with Crippen LogP contribution in [0.3, 0.4) is 0 Å². The first-order chi connectivity index (χ1) is 13.2. The number of rotatable bonds is 8. The predicted octanol–water partition coefficient (Wildman–Crippen LogP) is 1.66. The van der Waals surface area contributed by atoms with Crippen molar-refractivity contribution in [1.29, 1.82) is 0 Å². The fourth-order valence-corrected chi connectivity index (χ4v) is 3.19. The van der Waals surface area contributed by atoms with Crippen LogP contribution in [0.4, 0.5) is 5.82 Å². The number of methoxy groups -OCH3 is 2. The summed E-state index contributed by atoms with van der Waals surface area (Å²) in [6, 6.07) is 11.4. The second kappa shape index (κ2) is 9.43. The highest BCUT2D eigenvalue weighted by atomic mass is 16.5. The number of para-hydroxylation sites is 1. The van der Waals surface area contributed by atoms with Gasteiger partial charge in [-0.05, 0) is 24.3 Å². The molecule has 1 N–H and O–H groups in total. The van der Waals surface area contributed by atoms with Gasteiger partial charge in [0.05, 0.1) is 14.2 Å². The number of anilines is 1. The zero-order valence-electron chi connectivity index (χ0n) is 15.9. The number of aliphatic hydroxyl groups excluding tert-OH is 1. The molecule has 1 aromatic heterocycles. The van der Waals surface area contributed by atoms with Crippen molar-refractivity contribution < 1.29 is 19.3 Å². The number of hydrogen-bond donors (Lipinski definition) is 1. The summed E-state index contributed by atoms with van der Waals surface area (Å²) in [5.41, 5.74) is 0. The van der Waals surface area contributed by atoms with Gasteiger partial charge in [-0.15, -0.1) is 0 Å². The second-order valence-corrected chi connectivity index (χ2v) is 6.43. The quantitative estimate of drug-likeness (QED) is 0.755. The van der Waals surface area contributed by atoms with Crippen LogP contribution in [0.2, 0.25) is 0 Å². The first-order valence-electron chi connectivity index (χ1n) is 9.11. The molecular formula is C20H27N3O4. The Bertz CT molecular complexity index is 683. The molecule has 27 heavy (non-hydrogen) atoms. The van der Waals surface area contributed by atoms with Gasteiger partial charge in [-0.25, -0.2) is 4.98 Å². The lowest BCUT2D eigenvalue weighted by molar-refractivity contribution is 0.0642. The first kappa shape index (κ1) is 19.3. The van der Waals surface area contributed by atoms with Crippen LogP contribution in [-0.2, 0) is 0 Å². The molecule has 2 heterocycles. The molecule has 0 aliphatic carbocycles. The molecule has 0 spiro atoms. The van der Waals surface area contributed by atoms with Gasteiger partial charge in [-0.1, -0.05) is 12.1 Å². The van der Waals surface area contributed by atoms with E-state index in [2.05, 4.69) is 14.8 Å². The van der Waals surface area contributed by atoms with Crippen LogP contribution < -0.4 is 19.1 Å². The third-order valence-corrected chi connectivity index (χ3v) is 4.62. The Morgan fingerprint density at radius 3 is 2.30 bits per heavy atom. The molecule has 3 rings (SSSR count). The molecule has 0 radical (unpaired) electrons. The molecule has 0 unspecified atom stereocenters. The van der Waals surface area contributed by atoms with Crippen LogP contribution in [0.15, 0.2) is 42.6 Å². The predicted molar refractivity (Wildman–Crippen MR) is 104 cm³/mol. The van der Waals surface area contributed by atoms with Crippen LogP contribution in [0, 0.1) is 0 Å². The van der Waals surface area contributed by atoms with Crippen molar-refractivity contribution in [3.63, 3.8) is 0 Å². The summed E-state index contributed by atoms with van der Waals surface area (Å²) in [5.74, 6) is 2.70. The van der Waals surface area contributed by atoms with Crippen LogP contribution in [0.1, 0.15) is 0 Å². The fraction of sp³-hybridized carbons (Fsp3) is 0.450. The molecule has 7 heteroatoms. The van der Waals surface area contributed by atoms with E-state index < -0.39 is 6.10 Å². The Balaban J connectivity index is 1.47. The molecule has 7 nitrogen and oxygen atoms in total. The maximum atomic E-state index is 10.4. The van der Waals surface area contributed by atoms with Crippen molar-refractivity contribution in [2.45, 2.75) is 6.10 Å². The molecule has 1 saturated heterocycles. The second-order valence-electron chi connectivity index (χ2n) is 6.43. The van der Waals surface area contributed by atoms with Crippen molar-refractivity contribution in [3.8, 4) is 17.2 Å². The van der Waals surface area contributed by atoms with E-state index in [1.165, 1.54) is 0 Å². The van der Waals surface area contributed by atoms with Gasteiger partial charge in [0, 0.05) is 38.9 Å². The van der Waals surface area contributed by atoms with E-state index in [4.69, 9.17) is 14.2 Å². The van der Waals surface area contributed by atoms with Gasteiger partial charge < -0.3 is 24.2 Å². The number of pyridine rings is 1. The number of hydrogen-bond acceptors (Lipinski definition) is 7. The molecular weight excluding hydrogens is 346 g/mol. The van der Waals surface area contributed by atoms with Crippen molar-refractivity contribution in [2.75, 3.05) is 58.5 Å². The molecule has 146 valence electrons. The molecule has 1 atom stereocenters. The minimum Gasteiger partial charge on any atom is -0.493 e. The highest BCUT2D eigenvalue weighted by Crippen LogP contribution is 2.36. The Kier molecular flexibility index (Phi) is 6.73. The van der Waals surface area contributed by atoms with Gasteiger partial charge in [-0.3, -0.25) is 4.90 Å². The van der Waals surface area contributed by atoms with Gasteiger partial charge in [-0.2, -0.15) is 0 Å². The van der Waals surface area contributed by atoms with Gasteiger partial charge in [0.1, 0.15) is 18.5 Å². The summed E-state index contributed by atoms with van der Waals surface area (Å²) in [5, 5.41) is 10.4. The lowest BCUT2D eigenvalue weighted by Crippen LogP contribution is -2.49. The first-order valence-corrected chi connectivity index (χ1v) is 9.11. The maximum absolute atomic E-state index is 10.4. The van der Waals surface area contributed by atoms with Gasteiger partial charge in [0.25, 0.3) is 0 Å². The molecule has 1 fully saturated rings. The Morgan fingerprint density at radius 1 is 1.00 bits per heavy atom. The van der Waals surface area contributed by atoms with Crippen molar-refractivity contribution >= 4 is 5.82 Å².